The molecule has 0 heterocycles. The van der Waals surface area contributed by atoms with Crippen LogP contribution in [0.3, 0.4) is 0 Å². The summed E-state index contributed by atoms with van der Waals surface area (Å²) in [4.78, 5) is 10.1. The molecule has 0 radical (unpaired) electrons. The number of hydrogen-bond acceptors (Lipinski definition) is 4. The van der Waals surface area contributed by atoms with E-state index < -0.39 is 0 Å². The molecule has 2 atom stereocenters. The Morgan fingerprint density at radius 2 is 1.14 bits per heavy atom. The normalized spacial score (nSPS) is 19.1. The maximum absolute atomic E-state index is 11.4. The number of benzene rings is 2. The highest BCUT2D eigenvalue weighted by molar-refractivity contribution is 5.86. The Balaban J connectivity index is 1.99. The third-order valence-corrected chi connectivity index (χ3v) is 9.48. The molecule has 0 amide bonds. The summed E-state index contributed by atoms with van der Waals surface area (Å²) in [6, 6.07) is 8.60. The van der Waals surface area contributed by atoms with Crippen LogP contribution in [0.15, 0.2) is 34.3 Å². The van der Waals surface area contributed by atoms with Crippen molar-refractivity contribution in [3.8, 4) is 11.5 Å². The van der Waals surface area contributed by atoms with Gasteiger partial charge >= 0.3 is 0 Å². The zero-order valence-corrected chi connectivity index (χ0v) is 29.3. The Bertz CT molecular complexity index is 1310. The summed E-state index contributed by atoms with van der Waals surface area (Å²) in [6.07, 6.45) is 7.94. The first kappa shape index (κ1) is 34.8. The Labute approximate surface area is 262 Å². The van der Waals surface area contributed by atoms with Crippen LogP contribution < -0.4 is 0 Å². The topological polar surface area (TPSA) is 65.2 Å². The number of aromatic hydroxyl groups is 2. The van der Waals surface area contributed by atoms with Gasteiger partial charge in [-0.15, -0.1) is 0 Å². The van der Waals surface area contributed by atoms with Gasteiger partial charge in [0.1, 0.15) is 18.0 Å². The summed E-state index contributed by atoms with van der Waals surface area (Å²) in [7, 11) is 2.25. The summed E-state index contributed by atoms with van der Waals surface area (Å²) in [5.74, 6) is 0.665. The molecule has 0 spiro atoms. The number of hydrogen-bond donors (Lipinski definition) is 2. The van der Waals surface area contributed by atoms with Crippen LogP contribution in [0.25, 0.3) is 0 Å². The van der Waals surface area contributed by atoms with Crippen molar-refractivity contribution in [2.75, 3.05) is 20.1 Å². The molecular formula is C38H60N3O2+. The molecule has 1 aliphatic carbocycles. The zero-order chi connectivity index (χ0) is 32.4. The van der Waals surface area contributed by atoms with Crippen LogP contribution in [0.1, 0.15) is 135 Å². The Hall–Kier alpha value is -2.66. The molecular weight excluding hydrogens is 530 g/mol. The van der Waals surface area contributed by atoms with Crippen molar-refractivity contribution in [3.05, 3.63) is 57.6 Å². The second-order valence-corrected chi connectivity index (χ2v) is 16.2. The molecule has 5 nitrogen and oxygen atoms in total. The van der Waals surface area contributed by atoms with E-state index in [2.05, 4.69) is 107 Å². The predicted octanol–water partition coefficient (Wildman–Crippen LogP) is 8.83. The third-order valence-electron chi connectivity index (χ3n) is 9.48. The van der Waals surface area contributed by atoms with Crippen LogP contribution in [0.4, 0.5) is 0 Å². The highest BCUT2D eigenvalue weighted by atomic mass is 16.3. The van der Waals surface area contributed by atoms with Crippen LogP contribution in [-0.4, -0.2) is 59.3 Å². The van der Waals surface area contributed by atoms with Crippen molar-refractivity contribution in [2.45, 2.75) is 137 Å². The lowest BCUT2D eigenvalue weighted by atomic mass is 9.79. The summed E-state index contributed by atoms with van der Waals surface area (Å²) < 4.78 is 0.872. The average molecular weight is 591 g/mol. The summed E-state index contributed by atoms with van der Waals surface area (Å²) in [6.45, 7) is 26.9. The standard InChI is InChI=1S/C38H59N3O2/c1-13-41(12,14-2)25-28-21-29(36(3,4)5)19-26(34(28)42)23-39-32-17-15-16-18-33(32)40-24-27-20-30(37(6,7)8)22-31(35(27)43)38(9,10)11/h19-24,32-33H,13-18,25H2,1-12H3,(H-,39,40,42,43)/p+1. The van der Waals surface area contributed by atoms with Crippen molar-refractivity contribution in [3.63, 3.8) is 0 Å². The van der Waals surface area contributed by atoms with E-state index in [1.54, 1.807) is 0 Å². The monoisotopic (exact) mass is 590 g/mol. The van der Waals surface area contributed by atoms with Crippen LogP contribution in [0, 0.1) is 0 Å². The summed E-state index contributed by atoms with van der Waals surface area (Å²) in [5, 5.41) is 22.7. The van der Waals surface area contributed by atoms with Crippen molar-refractivity contribution >= 4 is 12.4 Å². The minimum absolute atomic E-state index is 0.0355. The molecule has 1 fully saturated rings. The Morgan fingerprint density at radius 3 is 1.56 bits per heavy atom. The molecule has 43 heavy (non-hydrogen) atoms. The van der Waals surface area contributed by atoms with Crippen LogP contribution in [0.5, 0.6) is 11.5 Å². The number of quaternary nitrogens is 1. The van der Waals surface area contributed by atoms with Crippen molar-refractivity contribution < 1.29 is 14.7 Å². The van der Waals surface area contributed by atoms with E-state index in [0.717, 1.165) is 72.1 Å². The van der Waals surface area contributed by atoms with Crippen LogP contribution in [0.2, 0.25) is 0 Å². The molecule has 1 saturated carbocycles. The molecule has 0 aromatic heterocycles. The molecule has 3 rings (SSSR count). The summed E-state index contributed by atoms with van der Waals surface area (Å²) in [5.41, 5.74) is 5.65. The minimum Gasteiger partial charge on any atom is -0.507 e. The van der Waals surface area contributed by atoms with Crippen molar-refractivity contribution in [1.29, 1.82) is 0 Å². The van der Waals surface area contributed by atoms with Gasteiger partial charge in [-0.25, -0.2) is 0 Å². The van der Waals surface area contributed by atoms with Gasteiger partial charge in [-0.05, 0) is 72.3 Å². The first-order chi connectivity index (χ1) is 19.8. The molecule has 2 aromatic rings. The van der Waals surface area contributed by atoms with Gasteiger partial charge in [0.25, 0.3) is 0 Å². The third kappa shape index (κ3) is 8.71. The SMILES string of the molecule is CC[N+](C)(CC)Cc1cc(C(C)(C)C)cc(C=NC2CCCCC2N=Cc2cc(C(C)(C)C)cc(C(C)(C)C)c2O)c1O. The van der Waals surface area contributed by atoms with Gasteiger partial charge in [-0.1, -0.05) is 81.2 Å². The van der Waals surface area contributed by atoms with Gasteiger partial charge in [0.2, 0.25) is 0 Å². The second kappa shape index (κ2) is 13.1. The van der Waals surface area contributed by atoms with Crippen LogP contribution >= 0.6 is 0 Å². The van der Waals surface area contributed by atoms with Crippen LogP contribution in [-0.2, 0) is 22.8 Å². The molecule has 238 valence electrons. The van der Waals surface area contributed by atoms with Gasteiger partial charge in [-0.3, -0.25) is 9.98 Å². The highest BCUT2D eigenvalue weighted by Gasteiger charge is 2.28. The molecule has 2 unspecified atom stereocenters. The smallest absolute Gasteiger partial charge is 0.133 e. The Morgan fingerprint density at radius 1 is 0.698 bits per heavy atom. The highest BCUT2D eigenvalue weighted by Crippen LogP contribution is 2.38. The van der Waals surface area contributed by atoms with Gasteiger partial charge in [-0.2, -0.15) is 0 Å². The quantitative estimate of drug-likeness (QED) is 0.238. The molecule has 2 N–H and O–H groups in total. The molecule has 2 aromatic carbocycles. The minimum atomic E-state index is -0.182. The van der Waals surface area contributed by atoms with E-state index >= 15 is 0 Å². The number of aliphatic imine (C=N–C) groups is 2. The van der Waals surface area contributed by atoms with E-state index in [9.17, 15) is 10.2 Å². The van der Waals surface area contributed by atoms with Gasteiger partial charge in [0.05, 0.1) is 32.2 Å². The van der Waals surface area contributed by atoms with Gasteiger partial charge in [0.15, 0.2) is 0 Å². The van der Waals surface area contributed by atoms with E-state index in [-0.39, 0.29) is 28.3 Å². The molecule has 5 heteroatoms. The number of nitrogens with zero attached hydrogens (tertiary/aromatic N) is 3. The predicted molar refractivity (Wildman–Crippen MR) is 185 cm³/mol. The van der Waals surface area contributed by atoms with Gasteiger partial charge < -0.3 is 14.7 Å². The maximum atomic E-state index is 11.4. The van der Waals surface area contributed by atoms with Gasteiger partial charge in [0, 0.05) is 34.7 Å². The molecule has 0 bridgehead atoms. The molecule has 1 aliphatic rings. The van der Waals surface area contributed by atoms with E-state index in [1.807, 2.05) is 12.4 Å². The first-order valence-electron chi connectivity index (χ1n) is 16.4. The zero-order valence-electron chi connectivity index (χ0n) is 29.3. The first-order valence-corrected chi connectivity index (χ1v) is 16.4. The molecule has 0 saturated heterocycles. The number of phenols is 2. The lowest BCUT2D eigenvalue weighted by molar-refractivity contribution is -0.919. The maximum Gasteiger partial charge on any atom is 0.133 e. The van der Waals surface area contributed by atoms with E-state index in [0.29, 0.717) is 11.5 Å². The van der Waals surface area contributed by atoms with Crippen molar-refractivity contribution in [2.24, 2.45) is 9.98 Å². The number of rotatable bonds is 8. The largest absolute Gasteiger partial charge is 0.507 e. The Kier molecular flexibility index (Phi) is 10.6. The second-order valence-electron chi connectivity index (χ2n) is 16.2. The number of phenolic OH excluding ortho intramolecular Hbond substituents is 2. The summed E-state index contributed by atoms with van der Waals surface area (Å²) >= 11 is 0. The lowest BCUT2D eigenvalue weighted by Gasteiger charge is -2.33. The lowest BCUT2D eigenvalue weighted by Crippen LogP contribution is -2.42. The fourth-order valence-corrected chi connectivity index (χ4v) is 5.78. The van der Waals surface area contributed by atoms with Crippen molar-refractivity contribution in [1.82, 2.24) is 0 Å². The molecule has 0 aliphatic heterocycles. The average Bonchev–Trinajstić information content (AvgIpc) is 2.91. The fourth-order valence-electron chi connectivity index (χ4n) is 5.78. The fraction of sp³-hybridized carbons (Fsp3) is 0.632. The van der Waals surface area contributed by atoms with E-state index in [1.165, 1.54) is 11.1 Å². The van der Waals surface area contributed by atoms with E-state index in [4.69, 9.17) is 9.98 Å².